The third-order valence-electron chi connectivity index (χ3n) is 6.59. The summed E-state index contributed by atoms with van der Waals surface area (Å²) in [6, 6.07) is 10.4. The summed E-state index contributed by atoms with van der Waals surface area (Å²) in [5.74, 6) is -2.58. The summed E-state index contributed by atoms with van der Waals surface area (Å²) in [6.07, 6.45) is 4.29. The first-order chi connectivity index (χ1) is 18.4. The fraction of sp³-hybridized carbons (Fsp3) is 0.222. The summed E-state index contributed by atoms with van der Waals surface area (Å²) in [6.45, 7) is 4.73. The number of nitrogens with two attached hydrogens (primary N) is 1. The fourth-order valence-corrected chi connectivity index (χ4v) is 4.75. The number of hydrogen-bond donors (Lipinski definition) is 2. The van der Waals surface area contributed by atoms with E-state index in [4.69, 9.17) is 10.8 Å². The third-order valence-corrected chi connectivity index (χ3v) is 6.59. The molecular formula is C27H25F2N7O2. The second kappa shape index (κ2) is 10.4. The smallest absolute Gasteiger partial charge is 0.257 e. The number of nitrogens with one attached hydrogen (secondary N) is 1. The van der Waals surface area contributed by atoms with Gasteiger partial charge in [-0.25, -0.2) is 23.4 Å². The van der Waals surface area contributed by atoms with Gasteiger partial charge in [0.1, 0.15) is 35.0 Å². The Labute approximate surface area is 217 Å². The van der Waals surface area contributed by atoms with E-state index in [-0.39, 0.29) is 24.3 Å². The molecule has 194 valence electrons. The number of rotatable bonds is 6. The van der Waals surface area contributed by atoms with E-state index in [1.807, 2.05) is 12.1 Å². The molecule has 5 rings (SSSR count). The number of nitrogens with zero attached hydrogens (tertiary/aromatic N) is 5. The minimum atomic E-state index is -0.931. The molecule has 0 spiro atoms. The highest BCUT2D eigenvalue weighted by Crippen LogP contribution is 2.34. The number of carbonyl (C=O) groups is 2. The van der Waals surface area contributed by atoms with Crippen molar-refractivity contribution in [1.82, 2.24) is 30.0 Å². The minimum absolute atomic E-state index is 0.0340. The van der Waals surface area contributed by atoms with Crippen LogP contribution in [0, 0.1) is 11.6 Å². The third kappa shape index (κ3) is 4.70. The molecule has 0 bridgehead atoms. The molecule has 1 aliphatic rings. The van der Waals surface area contributed by atoms with Gasteiger partial charge in [0, 0.05) is 25.2 Å². The van der Waals surface area contributed by atoms with Crippen molar-refractivity contribution in [3.63, 3.8) is 0 Å². The lowest BCUT2D eigenvalue weighted by Crippen LogP contribution is -2.40. The minimum Gasteiger partial charge on any atom is -0.383 e. The molecule has 4 aromatic rings. The van der Waals surface area contributed by atoms with E-state index in [1.54, 1.807) is 21.7 Å². The topological polar surface area (TPSA) is 119 Å². The van der Waals surface area contributed by atoms with Crippen molar-refractivity contribution in [3.8, 4) is 11.3 Å². The first-order valence-electron chi connectivity index (χ1n) is 12.1. The number of piperidine rings is 1. The summed E-state index contributed by atoms with van der Waals surface area (Å²) in [7, 11) is 0. The normalized spacial score (nSPS) is 15.4. The van der Waals surface area contributed by atoms with E-state index in [0.29, 0.717) is 40.9 Å². The maximum atomic E-state index is 14.0. The van der Waals surface area contributed by atoms with Crippen LogP contribution < -0.4 is 11.1 Å². The van der Waals surface area contributed by atoms with Crippen LogP contribution in [-0.4, -0.2) is 49.6 Å². The molecule has 1 atom stereocenters. The van der Waals surface area contributed by atoms with Crippen molar-refractivity contribution in [1.29, 1.82) is 0 Å². The van der Waals surface area contributed by atoms with Crippen LogP contribution in [0.15, 0.2) is 61.4 Å². The molecule has 9 nitrogen and oxygen atoms in total. The highest BCUT2D eigenvalue weighted by atomic mass is 19.1. The Kier molecular flexibility index (Phi) is 6.82. The van der Waals surface area contributed by atoms with Crippen LogP contribution in [0.3, 0.4) is 0 Å². The number of amides is 2. The molecule has 1 aliphatic heterocycles. The van der Waals surface area contributed by atoms with Gasteiger partial charge in [0.15, 0.2) is 5.65 Å². The summed E-state index contributed by atoms with van der Waals surface area (Å²) >= 11 is 0. The van der Waals surface area contributed by atoms with Crippen LogP contribution in [0.2, 0.25) is 0 Å². The van der Waals surface area contributed by atoms with Crippen molar-refractivity contribution in [2.24, 2.45) is 0 Å². The molecule has 2 aromatic heterocycles. The highest BCUT2D eigenvalue weighted by Gasteiger charge is 2.28. The predicted molar refractivity (Wildman–Crippen MR) is 138 cm³/mol. The summed E-state index contributed by atoms with van der Waals surface area (Å²) in [5, 5.41) is 8.00. The molecule has 1 saturated heterocycles. The van der Waals surface area contributed by atoms with Gasteiger partial charge in [0.05, 0.1) is 11.4 Å². The van der Waals surface area contributed by atoms with Crippen LogP contribution in [-0.2, 0) is 11.3 Å². The van der Waals surface area contributed by atoms with E-state index >= 15 is 0 Å². The quantitative estimate of drug-likeness (QED) is 0.377. The Morgan fingerprint density at radius 3 is 2.68 bits per heavy atom. The maximum absolute atomic E-state index is 14.0. The van der Waals surface area contributed by atoms with E-state index in [2.05, 4.69) is 21.9 Å². The molecule has 1 fully saturated rings. The van der Waals surface area contributed by atoms with Crippen molar-refractivity contribution in [2.75, 3.05) is 18.8 Å². The van der Waals surface area contributed by atoms with E-state index in [9.17, 15) is 18.4 Å². The first kappa shape index (κ1) is 25.0. The van der Waals surface area contributed by atoms with Gasteiger partial charge in [-0.05, 0) is 42.7 Å². The molecule has 3 heterocycles. The summed E-state index contributed by atoms with van der Waals surface area (Å²) in [4.78, 5) is 35.0. The summed E-state index contributed by atoms with van der Waals surface area (Å²) in [5.41, 5.74) is 8.12. The van der Waals surface area contributed by atoms with Gasteiger partial charge in [-0.2, -0.15) is 5.10 Å². The Morgan fingerprint density at radius 1 is 1.16 bits per heavy atom. The maximum Gasteiger partial charge on any atom is 0.257 e. The number of fused-ring (bicyclic) bond motifs is 1. The van der Waals surface area contributed by atoms with E-state index in [0.717, 1.165) is 25.0 Å². The number of benzene rings is 2. The second-order valence-electron chi connectivity index (χ2n) is 9.01. The van der Waals surface area contributed by atoms with Crippen LogP contribution in [0.25, 0.3) is 22.3 Å². The molecule has 0 saturated carbocycles. The monoisotopic (exact) mass is 517 g/mol. The SMILES string of the molecule is C=CC(=O)N1CCCC(n2nc(-c3cccc(CNC(=O)c4c(F)cccc4F)c3)c3c(N)ncnc32)C1. The zero-order valence-electron chi connectivity index (χ0n) is 20.4. The Hall–Kier alpha value is -4.67. The number of hydrogen-bond acceptors (Lipinski definition) is 6. The lowest BCUT2D eigenvalue weighted by molar-refractivity contribution is -0.127. The van der Waals surface area contributed by atoms with Crippen molar-refractivity contribution in [2.45, 2.75) is 25.4 Å². The van der Waals surface area contributed by atoms with Crippen LogP contribution >= 0.6 is 0 Å². The Bertz CT molecular complexity index is 1530. The Balaban J connectivity index is 1.45. The van der Waals surface area contributed by atoms with Gasteiger partial charge in [-0.1, -0.05) is 30.8 Å². The molecule has 11 heteroatoms. The fourth-order valence-electron chi connectivity index (χ4n) is 4.75. The van der Waals surface area contributed by atoms with Gasteiger partial charge >= 0.3 is 0 Å². The molecule has 3 N–H and O–H groups in total. The van der Waals surface area contributed by atoms with Gasteiger partial charge in [-0.15, -0.1) is 0 Å². The standard InChI is InChI=1S/C27H25F2N7O2/c1-2-21(37)35-11-5-8-18(14-35)36-26-23(25(30)32-15-33-26)24(34-36)17-7-3-6-16(12-17)13-31-27(38)22-19(28)9-4-10-20(22)29/h2-4,6-7,9-10,12,15,18H,1,5,8,11,13-14H2,(H,31,38)(H2,30,32,33). The molecule has 1 unspecified atom stereocenters. The molecule has 38 heavy (non-hydrogen) atoms. The van der Waals surface area contributed by atoms with Crippen molar-refractivity contribution in [3.05, 3.63) is 84.2 Å². The molecule has 2 aromatic carbocycles. The van der Waals surface area contributed by atoms with Crippen LogP contribution in [0.4, 0.5) is 14.6 Å². The van der Waals surface area contributed by atoms with Crippen LogP contribution in [0.1, 0.15) is 34.8 Å². The van der Waals surface area contributed by atoms with E-state index < -0.39 is 23.1 Å². The number of nitrogen functional groups attached to an aromatic ring is 1. The van der Waals surface area contributed by atoms with Gasteiger partial charge in [-0.3, -0.25) is 9.59 Å². The first-order valence-corrected chi connectivity index (χ1v) is 12.1. The average molecular weight is 518 g/mol. The van der Waals surface area contributed by atoms with Crippen molar-refractivity contribution >= 4 is 28.7 Å². The Morgan fingerprint density at radius 2 is 1.92 bits per heavy atom. The zero-order chi connectivity index (χ0) is 26.8. The van der Waals surface area contributed by atoms with Crippen LogP contribution in [0.5, 0.6) is 0 Å². The number of halogens is 2. The average Bonchev–Trinajstić information content (AvgIpc) is 3.33. The molecule has 0 aliphatic carbocycles. The summed E-state index contributed by atoms with van der Waals surface area (Å²) < 4.78 is 29.8. The molecule has 2 amide bonds. The number of aromatic nitrogens is 4. The lowest BCUT2D eigenvalue weighted by atomic mass is 10.1. The van der Waals surface area contributed by atoms with Gasteiger partial charge < -0.3 is 16.0 Å². The molecular weight excluding hydrogens is 492 g/mol. The number of likely N-dealkylation sites (tertiary alicyclic amines) is 1. The van der Waals surface area contributed by atoms with Gasteiger partial charge in [0.2, 0.25) is 5.91 Å². The number of anilines is 1. The lowest BCUT2D eigenvalue weighted by Gasteiger charge is -2.32. The zero-order valence-corrected chi connectivity index (χ0v) is 20.4. The highest BCUT2D eigenvalue weighted by molar-refractivity contribution is 5.98. The van der Waals surface area contributed by atoms with Gasteiger partial charge in [0.25, 0.3) is 5.91 Å². The van der Waals surface area contributed by atoms with Crippen molar-refractivity contribution < 1.29 is 18.4 Å². The number of carbonyl (C=O) groups excluding carboxylic acids is 2. The predicted octanol–water partition coefficient (Wildman–Crippen LogP) is 3.63. The second-order valence-corrected chi connectivity index (χ2v) is 9.01. The molecule has 0 radical (unpaired) electrons. The van der Waals surface area contributed by atoms with E-state index in [1.165, 1.54) is 18.5 Å². The largest absolute Gasteiger partial charge is 0.383 e.